The molecule has 0 bridgehead atoms. The molecule has 0 spiro atoms. The van der Waals surface area contributed by atoms with E-state index >= 15 is 0 Å². The predicted octanol–water partition coefficient (Wildman–Crippen LogP) is 6.98. The minimum Gasteiger partial charge on any atom is -0.459 e. The Hall–Kier alpha value is -2.74. The van der Waals surface area contributed by atoms with E-state index in [1.54, 1.807) is 0 Å². The van der Waals surface area contributed by atoms with Crippen LogP contribution in [0, 0.1) is 22.7 Å². The molecule has 2 rings (SSSR count). The van der Waals surface area contributed by atoms with E-state index < -0.39 is 46.7 Å². The lowest BCUT2D eigenvalue weighted by Crippen LogP contribution is -2.55. The molecule has 0 saturated heterocycles. The lowest BCUT2D eigenvalue weighted by molar-refractivity contribution is -0.189. The average molecular weight is 617 g/mol. The lowest BCUT2D eigenvalue weighted by Gasteiger charge is -2.52. The smallest absolute Gasteiger partial charge is 0.303 e. The van der Waals surface area contributed by atoms with Crippen molar-refractivity contribution in [2.45, 2.75) is 145 Å². The summed E-state index contributed by atoms with van der Waals surface area (Å²) in [5.41, 5.74) is 1.28. The Bertz CT molecular complexity index is 1170. The quantitative estimate of drug-likeness (QED) is 0.142. The van der Waals surface area contributed by atoms with Crippen molar-refractivity contribution in [3.05, 3.63) is 34.9 Å². The number of ketones is 1. The van der Waals surface area contributed by atoms with Gasteiger partial charge in [0.25, 0.3) is 0 Å². The highest BCUT2D eigenvalue weighted by molar-refractivity contribution is 5.87. The summed E-state index contributed by atoms with van der Waals surface area (Å²) in [6.45, 7) is 20.0. The van der Waals surface area contributed by atoms with Crippen molar-refractivity contribution < 1.29 is 38.5 Å². The zero-order chi connectivity index (χ0) is 33.6. The summed E-state index contributed by atoms with van der Waals surface area (Å²) in [5.74, 6) is -1.13. The zero-order valence-electron chi connectivity index (χ0n) is 28.9. The first kappa shape index (κ1) is 37.4. The van der Waals surface area contributed by atoms with Gasteiger partial charge in [-0.2, -0.15) is 0 Å². The van der Waals surface area contributed by atoms with E-state index in [1.165, 1.54) is 20.8 Å². The van der Waals surface area contributed by atoms with Gasteiger partial charge < -0.3 is 19.3 Å². The van der Waals surface area contributed by atoms with Crippen LogP contribution in [-0.2, 0) is 33.4 Å². The second kappa shape index (κ2) is 15.0. The number of allylic oxidation sites excluding steroid dienone is 3. The molecule has 0 unspecified atom stereocenters. The van der Waals surface area contributed by atoms with Crippen LogP contribution in [-0.4, -0.2) is 52.7 Å². The van der Waals surface area contributed by atoms with Gasteiger partial charge in [0.1, 0.15) is 23.6 Å². The summed E-state index contributed by atoms with van der Waals surface area (Å²) in [6, 6.07) is 0. The van der Waals surface area contributed by atoms with E-state index in [2.05, 4.69) is 0 Å². The highest BCUT2D eigenvalue weighted by atomic mass is 16.6. The van der Waals surface area contributed by atoms with Crippen molar-refractivity contribution in [1.29, 1.82) is 0 Å². The molecule has 2 aliphatic rings. The first-order valence-electron chi connectivity index (χ1n) is 16.0. The molecule has 8 nitrogen and oxygen atoms in total. The van der Waals surface area contributed by atoms with Gasteiger partial charge in [-0.15, -0.1) is 0 Å². The topological polar surface area (TPSA) is 116 Å². The van der Waals surface area contributed by atoms with Gasteiger partial charge >= 0.3 is 17.9 Å². The van der Waals surface area contributed by atoms with Gasteiger partial charge in [0.15, 0.2) is 0 Å². The Morgan fingerprint density at radius 1 is 1.00 bits per heavy atom. The molecular weight excluding hydrogens is 560 g/mol. The Balaban J connectivity index is 2.26. The van der Waals surface area contributed by atoms with Gasteiger partial charge in [-0.1, -0.05) is 51.0 Å². The fourth-order valence-electron chi connectivity index (χ4n) is 7.32. The van der Waals surface area contributed by atoms with Crippen molar-refractivity contribution in [1.82, 2.24) is 0 Å². The maximum absolute atomic E-state index is 12.7. The van der Waals surface area contributed by atoms with Crippen molar-refractivity contribution in [2.24, 2.45) is 22.7 Å². The number of hydrogen-bond donors (Lipinski definition) is 1. The molecule has 1 N–H and O–H groups in total. The van der Waals surface area contributed by atoms with Gasteiger partial charge in [-0.3, -0.25) is 19.2 Å². The first-order valence-corrected chi connectivity index (χ1v) is 16.0. The first-order chi connectivity index (χ1) is 20.2. The summed E-state index contributed by atoms with van der Waals surface area (Å²) < 4.78 is 17.2. The van der Waals surface area contributed by atoms with Crippen LogP contribution in [0.25, 0.3) is 0 Å². The zero-order valence-corrected chi connectivity index (χ0v) is 28.9. The third-order valence-electron chi connectivity index (χ3n) is 10.1. The Kier molecular flexibility index (Phi) is 12.8. The lowest BCUT2D eigenvalue weighted by atomic mass is 9.58. The van der Waals surface area contributed by atoms with Gasteiger partial charge in [0.05, 0.1) is 6.10 Å². The number of hydrogen-bond acceptors (Lipinski definition) is 8. The predicted molar refractivity (Wildman–Crippen MR) is 170 cm³/mol. The number of carbonyl (C=O) groups is 4. The fourth-order valence-corrected chi connectivity index (χ4v) is 7.32. The van der Waals surface area contributed by atoms with Crippen LogP contribution in [0.1, 0.15) is 121 Å². The third-order valence-corrected chi connectivity index (χ3v) is 10.1. The molecule has 2 aliphatic carbocycles. The van der Waals surface area contributed by atoms with E-state index in [4.69, 9.17) is 14.2 Å². The molecule has 0 aromatic heterocycles. The number of esters is 3. The van der Waals surface area contributed by atoms with Crippen molar-refractivity contribution >= 4 is 23.7 Å². The number of rotatable bonds is 12. The molecule has 0 radical (unpaired) electrons. The minimum absolute atomic E-state index is 0.0460. The van der Waals surface area contributed by atoms with Gasteiger partial charge in [-0.25, -0.2) is 0 Å². The molecule has 0 aromatic rings. The number of carbonyl (C=O) groups excluding carboxylic acids is 4. The van der Waals surface area contributed by atoms with Crippen LogP contribution in [0.3, 0.4) is 0 Å². The summed E-state index contributed by atoms with van der Waals surface area (Å²) >= 11 is 0. The number of Topliss-reactive ketones (excluding diaryl/α,β-unsaturated/α-hetero) is 1. The molecule has 0 aliphatic heterocycles. The van der Waals surface area contributed by atoms with Crippen LogP contribution in [0.5, 0.6) is 0 Å². The average Bonchev–Trinajstić information content (AvgIpc) is 2.88. The van der Waals surface area contributed by atoms with Crippen molar-refractivity contribution in [3.63, 3.8) is 0 Å². The second-order valence-corrected chi connectivity index (χ2v) is 14.4. The third kappa shape index (κ3) is 9.63. The molecule has 6 atom stereocenters. The molecule has 0 amide bonds. The highest BCUT2D eigenvalue weighted by Gasteiger charge is 2.52. The minimum atomic E-state index is -0.661. The standard InChI is InChI=1S/C36H56O8/c1-22(13-16-31-35(9,10)33(41)18-19-36(31,11)44-27(6)39)12-15-28(42-25(4)37)20-24(3)30(43-26(5)38)21-29-23(2)14-17-32(40)34(29,7)8/h12,14,20,28-31,33,41H,13,15-19,21H2,1-11H3/t28-,29-,30+,31+,33+,36+/m1/s1. The molecule has 0 heterocycles. The normalized spacial score (nSPS) is 28.4. The van der Waals surface area contributed by atoms with E-state index in [-0.39, 0.29) is 23.6 Å². The van der Waals surface area contributed by atoms with Gasteiger partial charge in [-0.05, 0) is 82.8 Å². The van der Waals surface area contributed by atoms with Crippen molar-refractivity contribution in [2.75, 3.05) is 0 Å². The summed E-state index contributed by atoms with van der Waals surface area (Å²) in [6.07, 6.45) is 8.14. The van der Waals surface area contributed by atoms with E-state index in [9.17, 15) is 24.3 Å². The summed E-state index contributed by atoms with van der Waals surface area (Å²) in [5, 5.41) is 10.8. The summed E-state index contributed by atoms with van der Waals surface area (Å²) in [4.78, 5) is 48.8. The van der Waals surface area contributed by atoms with E-state index in [0.717, 1.165) is 29.6 Å². The van der Waals surface area contributed by atoms with Crippen LogP contribution >= 0.6 is 0 Å². The molecule has 1 fully saturated rings. The van der Waals surface area contributed by atoms with E-state index in [1.807, 2.05) is 73.6 Å². The molecule has 248 valence electrons. The number of aliphatic hydroxyl groups excluding tert-OH is 1. The molecular formula is C36H56O8. The Labute approximate surface area is 264 Å². The van der Waals surface area contributed by atoms with Gasteiger partial charge in [0.2, 0.25) is 0 Å². The van der Waals surface area contributed by atoms with Crippen LogP contribution in [0.2, 0.25) is 0 Å². The van der Waals surface area contributed by atoms with Crippen LogP contribution in [0.4, 0.5) is 0 Å². The summed E-state index contributed by atoms with van der Waals surface area (Å²) in [7, 11) is 0. The Morgan fingerprint density at radius 2 is 1.61 bits per heavy atom. The largest absolute Gasteiger partial charge is 0.459 e. The van der Waals surface area contributed by atoms with Crippen LogP contribution < -0.4 is 0 Å². The molecule has 44 heavy (non-hydrogen) atoms. The van der Waals surface area contributed by atoms with E-state index in [0.29, 0.717) is 32.1 Å². The molecule has 1 saturated carbocycles. The van der Waals surface area contributed by atoms with Gasteiger partial charge in [0, 0.05) is 44.9 Å². The number of aliphatic hydroxyl groups is 1. The molecule has 8 heteroatoms. The van der Waals surface area contributed by atoms with Crippen LogP contribution in [0.15, 0.2) is 34.9 Å². The second-order valence-electron chi connectivity index (χ2n) is 14.4. The monoisotopic (exact) mass is 616 g/mol. The maximum Gasteiger partial charge on any atom is 0.303 e. The number of ether oxygens (including phenoxy) is 3. The molecule has 0 aromatic carbocycles. The highest BCUT2D eigenvalue weighted by Crippen LogP contribution is 2.50. The Morgan fingerprint density at radius 3 is 2.18 bits per heavy atom. The van der Waals surface area contributed by atoms with Crippen molar-refractivity contribution in [3.8, 4) is 0 Å². The fraction of sp³-hybridized carbons (Fsp3) is 0.722. The maximum atomic E-state index is 12.7. The SMILES string of the molecule is CC(=O)O[C@@H](C[C@@H]1C(C)=CCC(=O)C1(C)C)C(C)=C[C@@H](CC=C(C)CC[C@H]1C(C)(C)[C@@H](O)CC[C@]1(C)OC(C)=O)OC(C)=O.